The van der Waals surface area contributed by atoms with Gasteiger partial charge in [-0.2, -0.15) is 0 Å². The Hall–Kier alpha value is -6.48. The minimum atomic E-state index is 0.831. The third-order valence-electron chi connectivity index (χ3n) is 11.1. The molecule has 8 bridgehead atoms. The van der Waals surface area contributed by atoms with Crippen LogP contribution >= 0.6 is 15.9 Å². The number of halogens is 1. The summed E-state index contributed by atoms with van der Waals surface area (Å²) in [5.74, 6) is 2.78. The first-order chi connectivity index (χ1) is 27.6. The summed E-state index contributed by atoms with van der Waals surface area (Å²) in [7, 11) is 0. The van der Waals surface area contributed by atoms with Gasteiger partial charge in [-0.3, -0.25) is 0 Å². The lowest BCUT2D eigenvalue weighted by atomic mass is 9.92. The summed E-state index contributed by atoms with van der Waals surface area (Å²) in [6, 6.07) is 34.4. The zero-order chi connectivity index (χ0) is 39.5. The molecule has 276 valence electrons. The van der Waals surface area contributed by atoms with E-state index in [1.165, 1.54) is 44.5 Å². The topological polar surface area (TPSA) is 57.4 Å². The van der Waals surface area contributed by atoms with Crippen molar-refractivity contribution in [3.8, 4) is 56.9 Å². The average Bonchev–Trinajstić information content (AvgIpc) is 4.02. The second kappa shape index (κ2) is 14.2. The normalized spacial score (nSPS) is 12.0. The summed E-state index contributed by atoms with van der Waals surface area (Å²) in [6.45, 7) is 13.1. The molecular weight excluding hydrogens is 761 g/mol. The van der Waals surface area contributed by atoms with E-state index < -0.39 is 0 Å². The van der Waals surface area contributed by atoms with Gasteiger partial charge >= 0.3 is 0 Å². The van der Waals surface area contributed by atoms with Crippen LogP contribution in [0, 0.1) is 53.9 Å². The van der Waals surface area contributed by atoms with E-state index in [0.29, 0.717) is 0 Å². The van der Waals surface area contributed by atoms with E-state index in [1.54, 1.807) is 0 Å². The van der Waals surface area contributed by atoms with E-state index in [9.17, 15) is 0 Å². The maximum Gasteiger partial charge on any atom is 0.0737 e. The molecule has 0 aliphatic carbocycles. The van der Waals surface area contributed by atoms with E-state index in [4.69, 9.17) is 16.4 Å². The van der Waals surface area contributed by atoms with E-state index in [0.717, 1.165) is 88.3 Å². The summed E-state index contributed by atoms with van der Waals surface area (Å²) in [6.07, 6.45) is 14.4. The van der Waals surface area contributed by atoms with Gasteiger partial charge in [0.15, 0.2) is 0 Å². The van der Waals surface area contributed by atoms with Gasteiger partial charge in [-0.25, -0.2) is 9.97 Å². The van der Waals surface area contributed by atoms with Crippen LogP contribution in [0.25, 0.3) is 90.9 Å². The van der Waals surface area contributed by atoms with E-state index in [-0.39, 0.29) is 0 Å². The first-order valence-corrected chi connectivity index (χ1v) is 20.0. The molecule has 57 heavy (non-hydrogen) atoms. The first-order valence-electron chi connectivity index (χ1n) is 19.2. The Labute approximate surface area is 342 Å². The largest absolute Gasteiger partial charge is 0.354 e. The monoisotopic (exact) mass is 800 g/mol. The predicted octanol–water partition coefficient (Wildman–Crippen LogP) is 13.9. The zero-order valence-electron chi connectivity index (χ0n) is 32.9. The molecule has 4 nitrogen and oxygen atoms in total. The van der Waals surface area contributed by atoms with Gasteiger partial charge in [0.25, 0.3) is 0 Å². The third-order valence-corrected chi connectivity index (χ3v) is 11.6. The second-order valence-corrected chi connectivity index (χ2v) is 16.2. The van der Waals surface area contributed by atoms with Crippen LogP contribution < -0.4 is 0 Å². The van der Waals surface area contributed by atoms with Crippen LogP contribution in [0.15, 0.2) is 102 Å². The lowest BCUT2D eigenvalue weighted by molar-refractivity contribution is 1.28. The smallest absolute Gasteiger partial charge is 0.0737 e. The number of benzene rings is 4. The third kappa shape index (κ3) is 6.46. The van der Waals surface area contributed by atoms with Crippen LogP contribution in [0.2, 0.25) is 0 Å². The molecule has 0 atom stereocenters. The molecule has 4 aromatic carbocycles. The van der Waals surface area contributed by atoms with Crippen molar-refractivity contribution in [2.75, 3.05) is 0 Å². The molecule has 0 saturated heterocycles. The molecule has 7 aromatic rings. The summed E-state index contributed by atoms with van der Waals surface area (Å²) in [5, 5.41) is 0. The van der Waals surface area contributed by atoms with Gasteiger partial charge in [-0.15, -0.1) is 6.42 Å². The molecule has 5 heterocycles. The van der Waals surface area contributed by atoms with Gasteiger partial charge in [0.1, 0.15) is 0 Å². The molecule has 2 N–H and O–H groups in total. The average molecular weight is 802 g/mol. The van der Waals surface area contributed by atoms with Crippen molar-refractivity contribution in [3.63, 3.8) is 0 Å². The Kier molecular flexibility index (Phi) is 9.03. The van der Waals surface area contributed by atoms with Crippen LogP contribution in [0.3, 0.4) is 0 Å². The van der Waals surface area contributed by atoms with E-state index >= 15 is 0 Å². The molecule has 0 unspecified atom stereocenters. The van der Waals surface area contributed by atoms with Gasteiger partial charge in [-0.05, 0) is 159 Å². The van der Waals surface area contributed by atoms with Crippen molar-refractivity contribution in [1.29, 1.82) is 0 Å². The lowest BCUT2D eigenvalue weighted by Gasteiger charge is -2.13. The Morgan fingerprint density at radius 2 is 0.772 bits per heavy atom. The molecule has 0 spiro atoms. The molecule has 0 saturated carbocycles. The number of nitrogens with one attached hydrogen (secondary N) is 2. The van der Waals surface area contributed by atoms with Gasteiger partial charge in [0.05, 0.1) is 22.8 Å². The minimum absolute atomic E-state index is 0.831. The Morgan fingerprint density at radius 3 is 1.14 bits per heavy atom. The lowest BCUT2D eigenvalue weighted by Crippen LogP contribution is -1.95. The number of aromatic nitrogens is 4. The number of aryl methyl sites for hydroxylation is 6. The standard InChI is InChI=1S/C52H41BrN4/c1-8-35-9-11-36(12-10-35)49-39-17-21-43(54-39)51(47-31(4)25-29(2)26-32(47)5)45-23-19-41(56-45)50(37-13-15-38(53)16-14-37)42-20-24-46(57-42)52(44-22-18-40(49)55-44)48-33(6)27-30(3)28-34(48)7/h1,9-28,54,57H,2-7H3. The van der Waals surface area contributed by atoms with Crippen molar-refractivity contribution in [2.45, 2.75) is 41.5 Å². The highest BCUT2D eigenvalue weighted by Gasteiger charge is 2.21. The fourth-order valence-electron chi connectivity index (χ4n) is 8.84. The van der Waals surface area contributed by atoms with Crippen LogP contribution in [0.1, 0.15) is 61.7 Å². The van der Waals surface area contributed by atoms with Gasteiger partial charge in [0, 0.05) is 54.4 Å². The van der Waals surface area contributed by atoms with Crippen LogP contribution in [-0.4, -0.2) is 19.9 Å². The van der Waals surface area contributed by atoms with Crippen molar-refractivity contribution >= 4 is 62.3 Å². The maximum atomic E-state index is 5.81. The van der Waals surface area contributed by atoms with E-state index in [2.05, 4.69) is 183 Å². The summed E-state index contributed by atoms with van der Waals surface area (Å²) in [5.41, 5.74) is 24.1. The van der Waals surface area contributed by atoms with Crippen molar-refractivity contribution in [3.05, 3.63) is 163 Å². The molecule has 9 rings (SSSR count). The molecule has 5 heteroatoms. The summed E-state index contributed by atoms with van der Waals surface area (Å²) in [4.78, 5) is 18.8. The Bertz CT molecular complexity index is 2970. The highest BCUT2D eigenvalue weighted by Crippen LogP contribution is 2.41. The van der Waals surface area contributed by atoms with Gasteiger partial charge in [-0.1, -0.05) is 81.5 Å². The molecule has 0 fully saturated rings. The van der Waals surface area contributed by atoms with Crippen molar-refractivity contribution in [1.82, 2.24) is 19.9 Å². The zero-order valence-corrected chi connectivity index (χ0v) is 34.5. The van der Waals surface area contributed by atoms with Crippen molar-refractivity contribution < 1.29 is 0 Å². The highest BCUT2D eigenvalue weighted by molar-refractivity contribution is 9.10. The summed E-state index contributed by atoms with van der Waals surface area (Å²) < 4.78 is 1.02. The maximum absolute atomic E-state index is 5.81. The van der Waals surface area contributed by atoms with Crippen LogP contribution in [0.4, 0.5) is 0 Å². The minimum Gasteiger partial charge on any atom is -0.354 e. The SMILES string of the molecule is C#Cc1ccc(-c2c3nc(c(-c4c(C)cc(C)cc4C)c4ccc([nH]4)c(-c4ccc(Br)cc4)c4nc(c(-c5c(C)cc(C)cc5C)c5ccc2[nH]5)C=C4)C=C3)cc1. The first kappa shape index (κ1) is 36.2. The fraction of sp³-hybridized carbons (Fsp3) is 0.115. The number of rotatable bonds is 4. The number of H-pyrrole nitrogens is 2. The molecular formula is C52H41BrN4. The Morgan fingerprint density at radius 1 is 0.439 bits per heavy atom. The quantitative estimate of drug-likeness (QED) is 0.174. The number of nitrogens with zero attached hydrogens (tertiary/aromatic N) is 2. The molecule has 2 aliphatic heterocycles. The molecule has 0 amide bonds. The number of hydrogen-bond acceptors (Lipinski definition) is 2. The molecule has 0 radical (unpaired) electrons. The Balaban J connectivity index is 1.50. The van der Waals surface area contributed by atoms with Gasteiger partial charge in [0.2, 0.25) is 0 Å². The second-order valence-electron chi connectivity index (χ2n) is 15.3. The fourth-order valence-corrected chi connectivity index (χ4v) is 9.10. The van der Waals surface area contributed by atoms with Crippen molar-refractivity contribution in [2.24, 2.45) is 0 Å². The van der Waals surface area contributed by atoms with E-state index in [1.807, 2.05) is 12.1 Å². The summed E-state index contributed by atoms with van der Waals surface area (Å²) >= 11 is 3.66. The predicted molar refractivity (Wildman–Crippen MR) is 245 cm³/mol. The highest BCUT2D eigenvalue weighted by atomic mass is 79.9. The molecule has 3 aromatic heterocycles. The van der Waals surface area contributed by atoms with Gasteiger partial charge < -0.3 is 9.97 Å². The molecule has 2 aliphatic rings. The van der Waals surface area contributed by atoms with Crippen LogP contribution in [0.5, 0.6) is 0 Å². The number of hydrogen-bond donors (Lipinski definition) is 2. The number of terminal acetylenes is 1. The number of fused-ring (bicyclic) bond motifs is 8. The van der Waals surface area contributed by atoms with Crippen LogP contribution in [-0.2, 0) is 0 Å². The number of aromatic amines is 2.